The van der Waals surface area contributed by atoms with Crippen LogP contribution in [0.4, 0.5) is 0 Å². The van der Waals surface area contributed by atoms with Crippen molar-refractivity contribution in [2.45, 2.75) is 20.3 Å². The Bertz CT molecular complexity index is 322. The van der Waals surface area contributed by atoms with E-state index in [0.29, 0.717) is 6.42 Å². The molecule has 0 aromatic heterocycles. The highest BCUT2D eigenvalue weighted by Gasteiger charge is 2.12. The van der Waals surface area contributed by atoms with Crippen molar-refractivity contribution in [3.63, 3.8) is 0 Å². The molecule has 13 heavy (non-hydrogen) atoms. The van der Waals surface area contributed by atoms with E-state index < -0.39 is 0 Å². The van der Waals surface area contributed by atoms with Gasteiger partial charge in [-0.1, -0.05) is 6.92 Å². The smallest absolute Gasteiger partial charge is 0.164 e. The third-order valence-corrected chi connectivity index (χ3v) is 3.04. The Labute approximate surface area is 94.8 Å². The topological polar surface area (TPSA) is 17.1 Å². The van der Waals surface area contributed by atoms with Gasteiger partial charge in [-0.3, -0.25) is 4.79 Å². The first kappa shape index (κ1) is 10.9. The Hall–Kier alpha value is -0.150. The Balaban J connectivity index is 3.28. The number of hydrogen-bond donors (Lipinski definition) is 0. The molecule has 0 fully saturated rings. The molecule has 0 aliphatic carbocycles. The second-order valence-corrected chi connectivity index (χ2v) is 4.59. The largest absolute Gasteiger partial charge is 0.294 e. The lowest BCUT2D eigenvalue weighted by atomic mass is 10.1. The number of carbonyl (C=O) groups is 1. The van der Waals surface area contributed by atoms with Gasteiger partial charge in [0.2, 0.25) is 0 Å². The van der Waals surface area contributed by atoms with Crippen molar-refractivity contribution in [1.82, 2.24) is 0 Å². The Morgan fingerprint density at radius 3 is 2.15 bits per heavy atom. The van der Waals surface area contributed by atoms with Gasteiger partial charge in [0.05, 0.1) is 0 Å². The van der Waals surface area contributed by atoms with Gasteiger partial charge >= 0.3 is 0 Å². The first-order chi connectivity index (χ1) is 6.06. The van der Waals surface area contributed by atoms with Crippen molar-refractivity contribution in [2.75, 3.05) is 0 Å². The Kier molecular flexibility index (Phi) is 3.68. The van der Waals surface area contributed by atoms with E-state index in [1.165, 1.54) is 0 Å². The maximum Gasteiger partial charge on any atom is 0.164 e. The molecule has 0 aliphatic heterocycles. The van der Waals surface area contributed by atoms with Crippen molar-refractivity contribution in [3.05, 3.63) is 32.2 Å². The predicted molar refractivity (Wildman–Crippen MR) is 61.2 cm³/mol. The molecule has 1 aromatic rings. The van der Waals surface area contributed by atoms with Gasteiger partial charge in [0, 0.05) is 20.9 Å². The Morgan fingerprint density at radius 2 is 1.77 bits per heavy atom. The van der Waals surface area contributed by atoms with Crippen molar-refractivity contribution in [3.8, 4) is 0 Å². The third kappa shape index (κ3) is 2.41. The van der Waals surface area contributed by atoms with Crippen LogP contribution in [0.15, 0.2) is 21.1 Å². The van der Waals surface area contributed by atoms with E-state index in [1.807, 2.05) is 26.0 Å². The van der Waals surface area contributed by atoms with Gasteiger partial charge in [0.15, 0.2) is 5.78 Å². The maximum atomic E-state index is 11.5. The summed E-state index contributed by atoms with van der Waals surface area (Å²) in [5.41, 5.74) is 1.87. The molecule has 1 nitrogen and oxygen atoms in total. The van der Waals surface area contributed by atoms with Crippen LogP contribution >= 0.6 is 31.9 Å². The lowest BCUT2D eigenvalue weighted by molar-refractivity contribution is 0.0986. The van der Waals surface area contributed by atoms with Crippen LogP contribution < -0.4 is 0 Å². The molecule has 0 heterocycles. The van der Waals surface area contributed by atoms with Gasteiger partial charge in [0.25, 0.3) is 0 Å². The maximum absolute atomic E-state index is 11.5. The number of Topliss-reactive ketones (excluding diaryl/α,β-unsaturated/α-hetero) is 1. The van der Waals surface area contributed by atoms with Crippen LogP contribution in [0.2, 0.25) is 0 Å². The highest BCUT2D eigenvalue weighted by Crippen LogP contribution is 2.28. The highest BCUT2D eigenvalue weighted by molar-refractivity contribution is 9.11. The number of rotatable bonds is 2. The van der Waals surface area contributed by atoms with Crippen LogP contribution in [-0.4, -0.2) is 5.78 Å². The van der Waals surface area contributed by atoms with Crippen LogP contribution in [-0.2, 0) is 0 Å². The molecule has 0 unspecified atom stereocenters. The van der Waals surface area contributed by atoms with E-state index in [4.69, 9.17) is 0 Å². The average Bonchev–Trinajstić information content (AvgIpc) is 2.02. The zero-order chi connectivity index (χ0) is 10.0. The summed E-state index contributed by atoms with van der Waals surface area (Å²) in [5, 5.41) is 0. The molecule has 0 N–H and O–H groups in total. The van der Waals surface area contributed by atoms with E-state index in [0.717, 1.165) is 20.1 Å². The second kappa shape index (κ2) is 4.38. The fourth-order valence-corrected chi connectivity index (χ4v) is 3.00. The molecular formula is C10H10Br2O. The SMILES string of the molecule is CCC(=O)c1c(Br)cc(C)cc1Br. The van der Waals surface area contributed by atoms with E-state index in [2.05, 4.69) is 31.9 Å². The number of ketones is 1. The summed E-state index contributed by atoms with van der Waals surface area (Å²) >= 11 is 6.78. The molecule has 1 aromatic carbocycles. The summed E-state index contributed by atoms with van der Waals surface area (Å²) in [6.45, 7) is 3.86. The van der Waals surface area contributed by atoms with Gasteiger partial charge in [-0.2, -0.15) is 0 Å². The first-order valence-electron chi connectivity index (χ1n) is 4.05. The van der Waals surface area contributed by atoms with Crippen LogP contribution in [0.1, 0.15) is 29.3 Å². The lowest BCUT2D eigenvalue weighted by Crippen LogP contribution is -1.99. The van der Waals surface area contributed by atoms with Crippen LogP contribution in [0.3, 0.4) is 0 Å². The normalized spacial score (nSPS) is 10.2. The zero-order valence-corrected chi connectivity index (χ0v) is 10.7. The predicted octanol–water partition coefficient (Wildman–Crippen LogP) is 4.11. The summed E-state index contributed by atoms with van der Waals surface area (Å²) in [6, 6.07) is 3.90. The number of carbonyl (C=O) groups excluding carboxylic acids is 1. The molecule has 0 saturated carbocycles. The monoisotopic (exact) mass is 304 g/mol. The fourth-order valence-electron chi connectivity index (χ4n) is 1.14. The number of hydrogen-bond acceptors (Lipinski definition) is 1. The molecule has 1 rings (SSSR count). The highest BCUT2D eigenvalue weighted by atomic mass is 79.9. The molecule has 0 aliphatic rings. The number of halogens is 2. The van der Waals surface area contributed by atoms with Gasteiger partial charge in [-0.15, -0.1) is 0 Å². The summed E-state index contributed by atoms with van der Waals surface area (Å²) in [6.07, 6.45) is 0.528. The van der Waals surface area contributed by atoms with Crippen LogP contribution in [0.25, 0.3) is 0 Å². The second-order valence-electron chi connectivity index (χ2n) is 2.88. The molecule has 0 atom stereocenters. The fraction of sp³-hybridized carbons (Fsp3) is 0.300. The van der Waals surface area contributed by atoms with E-state index in [1.54, 1.807) is 0 Å². The molecule has 0 radical (unpaired) electrons. The standard InChI is InChI=1S/C10H10Br2O/c1-3-9(13)10-7(11)4-6(2)5-8(10)12/h4-5H,3H2,1-2H3. The zero-order valence-electron chi connectivity index (χ0n) is 7.53. The molecule has 0 saturated heterocycles. The van der Waals surface area contributed by atoms with Gasteiger partial charge in [-0.25, -0.2) is 0 Å². The van der Waals surface area contributed by atoms with Crippen molar-refractivity contribution >= 4 is 37.6 Å². The molecule has 70 valence electrons. The molecule has 0 amide bonds. The van der Waals surface area contributed by atoms with Crippen LogP contribution in [0, 0.1) is 6.92 Å². The van der Waals surface area contributed by atoms with Crippen LogP contribution in [0.5, 0.6) is 0 Å². The van der Waals surface area contributed by atoms with Gasteiger partial charge < -0.3 is 0 Å². The molecule has 0 bridgehead atoms. The molecular weight excluding hydrogens is 296 g/mol. The Morgan fingerprint density at radius 1 is 1.31 bits per heavy atom. The minimum atomic E-state index is 0.152. The van der Waals surface area contributed by atoms with E-state index in [9.17, 15) is 4.79 Å². The lowest BCUT2D eigenvalue weighted by Gasteiger charge is -2.06. The number of benzene rings is 1. The van der Waals surface area contributed by atoms with E-state index >= 15 is 0 Å². The van der Waals surface area contributed by atoms with Gasteiger partial charge in [-0.05, 0) is 56.5 Å². The average molecular weight is 306 g/mol. The van der Waals surface area contributed by atoms with Crippen molar-refractivity contribution in [2.24, 2.45) is 0 Å². The summed E-state index contributed by atoms with van der Waals surface area (Å²) in [4.78, 5) is 11.5. The van der Waals surface area contributed by atoms with E-state index in [-0.39, 0.29) is 5.78 Å². The summed E-state index contributed by atoms with van der Waals surface area (Å²) < 4.78 is 1.73. The summed E-state index contributed by atoms with van der Waals surface area (Å²) in [7, 11) is 0. The third-order valence-electron chi connectivity index (χ3n) is 1.79. The first-order valence-corrected chi connectivity index (χ1v) is 5.63. The van der Waals surface area contributed by atoms with Crippen molar-refractivity contribution in [1.29, 1.82) is 0 Å². The minimum absolute atomic E-state index is 0.152. The summed E-state index contributed by atoms with van der Waals surface area (Å²) in [5.74, 6) is 0.152. The quantitative estimate of drug-likeness (QED) is 0.751. The van der Waals surface area contributed by atoms with Crippen molar-refractivity contribution < 1.29 is 4.79 Å². The minimum Gasteiger partial charge on any atom is -0.294 e. The molecule has 0 spiro atoms. The van der Waals surface area contributed by atoms with Gasteiger partial charge in [0.1, 0.15) is 0 Å². The molecule has 3 heteroatoms. The number of aryl methyl sites for hydroxylation is 1.